The van der Waals surface area contributed by atoms with Crippen molar-refractivity contribution in [2.24, 2.45) is 15.7 Å². The number of thiazole rings is 1. The maximum atomic E-state index is 14.4. The number of hydrogen-bond acceptors (Lipinski definition) is 9. The van der Waals surface area contributed by atoms with Crippen LogP contribution < -0.4 is 21.8 Å². The van der Waals surface area contributed by atoms with Gasteiger partial charge in [-0.25, -0.2) is 23.7 Å². The summed E-state index contributed by atoms with van der Waals surface area (Å²) in [6.45, 7) is 3.80. The number of nitrogens with zero attached hydrogens (tertiary/aromatic N) is 4. The zero-order chi connectivity index (χ0) is 22.3. The lowest BCUT2D eigenvalue weighted by atomic mass is 10.0. The summed E-state index contributed by atoms with van der Waals surface area (Å²) in [5.41, 5.74) is 10.9. The lowest BCUT2D eigenvalue weighted by Crippen LogP contribution is -2.53. The van der Waals surface area contributed by atoms with Crippen molar-refractivity contribution in [2.75, 3.05) is 18.4 Å². The number of anilines is 1. The average Bonchev–Trinajstić information content (AvgIpc) is 3.36. The fourth-order valence-corrected chi connectivity index (χ4v) is 4.78. The number of hydrogen-bond donors (Lipinski definition) is 4. The maximum Gasteiger partial charge on any atom is 0.210 e. The zero-order valence-corrected chi connectivity index (χ0v) is 18.3. The number of aryl methyl sites for hydroxylation is 1. The van der Waals surface area contributed by atoms with E-state index in [0.717, 1.165) is 42.4 Å². The molecule has 1 saturated heterocycles. The molecule has 3 aliphatic rings. The second-order valence-corrected chi connectivity index (χ2v) is 9.36. The first kappa shape index (κ1) is 21.0. The van der Waals surface area contributed by atoms with Gasteiger partial charge in [-0.3, -0.25) is 10.7 Å². The van der Waals surface area contributed by atoms with Crippen LogP contribution in [0.25, 0.3) is 0 Å². The standard InChI is InChI=1S/C21H24F2N8S/c1-12-10-26-20(32-12)28-18-16-11-27-31(15-4-6-25-7-5-15)19(16)30-21(24,29-18)9-13-2-3-14(22)8-17(13)23/h2-3,8,10-11,15,25,27H,4-7,9,24H2,1H3,(H,26,28,29). The highest BCUT2D eigenvalue weighted by atomic mass is 32.1. The molecule has 1 atom stereocenters. The molecule has 0 radical (unpaired) electrons. The van der Waals surface area contributed by atoms with Crippen LogP contribution in [0.1, 0.15) is 23.3 Å². The van der Waals surface area contributed by atoms with Crippen LogP contribution in [-0.2, 0) is 6.42 Å². The van der Waals surface area contributed by atoms with Gasteiger partial charge in [0.25, 0.3) is 0 Å². The minimum absolute atomic E-state index is 0.0158. The monoisotopic (exact) mass is 458 g/mol. The molecule has 5 rings (SSSR count). The van der Waals surface area contributed by atoms with Gasteiger partial charge in [-0.15, -0.1) is 11.3 Å². The van der Waals surface area contributed by atoms with Gasteiger partial charge in [-0.1, -0.05) is 6.07 Å². The molecular formula is C21H24F2N8S. The van der Waals surface area contributed by atoms with Crippen LogP contribution >= 0.6 is 11.3 Å². The Morgan fingerprint density at radius 3 is 2.81 bits per heavy atom. The van der Waals surface area contributed by atoms with Crippen molar-refractivity contribution in [2.45, 2.75) is 38.0 Å². The highest BCUT2D eigenvalue weighted by molar-refractivity contribution is 7.15. The third kappa shape index (κ3) is 4.10. The van der Waals surface area contributed by atoms with E-state index >= 15 is 0 Å². The van der Waals surface area contributed by atoms with Gasteiger partial charge in [0.05, 0.1) is 11.6 Å². The van der Waals surface area contributed by atoms with Gasteiger partial charge >= 0.3 is 0 Å². The number of rotatable bonds is 4. The summed E-state index contributed by atoms with van der Waals surface area (Å²) in [4.78, 5) is 14.8. The van der Waals surface area contributed by atoms with Crippen molar-refractivity contribution in [3.05, 3.63) is 58.2 Å². The summed E-state index contributed by atoms with van der Waals surface area (Å²) in [5, 5.41) is 9.32. The smallest absolute Gasteiger partial charge is 0.210 e. The number of nitrogens with one attached hydrogen (secondary N) is 3. The molecule has 32 heavy (non-hydrogen) atoms. The van der Waals surface area contributed by atoms with E-state index in [-0.39, 0.29) is 18.0 Å². The average molecular weight is 459 g/mol. The summed E-state index contributed by atoms with van der Waals surface area (Å²) < 4.78 is 27.8. The molecule has 11 heteroatoms. The normalized spacial score (nSPS) is 23.2. The molecule has 1 unspecified atom stereocenters. The molecule has 1 aromatic carbocycles. The summed E-state index contributed by atoms with van der Waals surface area (Å²) in [6.07, 6.45) is 5.51. The Morgan fingerprint density at radius 1 is 1.28 bits per heavy atom. The molecule has 0 saturated carbocycles. The lowest BCUT2D eigenvalue weighted by molar-refractivity contribution is 0.220. The van der Waals surface area contributed by atoms with E-state index < -0.39 is 17.4 Å². The summed E-state index contributed by atoms with van der Waals surface area (Å²) in [5.74, 6) is -1.60. The van der Waals surface area contributed by atoms with E-state index in [4.69, 9.17) is 10.7 Å². The third-order valence-electron chi connectivity index (χ3n) is 5.66. The first-order chi connectivity index (χ1) is 15.4. The number of nitrogens with two attached hydrogens (primary N) is 1. The SMILES string of the molecule is Cc1cnc(NC2=NC(N)(Cc3ccc(F)cc3F)N=C3C2=CNN3C2CCNCC2)s1. The molecule has 0 amide bonds. The zero-order valence-electron chi connectivity index (χ0n) is 17.5. The van der Waals surface area contributed by atoms with Gasteiger partial charge in [0, 0.05) is 29.8 Å². The fraction of sp³-hybridized carbons (Fsp3) is 0.381. The van der Waals surface area contributed by atoms with Crippen molar-refractivity contribution in [3.8, 4) is 0 Å². The molecule has 4 heterocycles. The van der Waals surface area contributed by atoms with Crippen LogP contribution in [0.15, 0.2) is 46.2 Å². The molecule has 0 bridgehead atoms. The Kier molecular flexibility index (Phi) is 5.39. The third-order valence-corrected chi connectivity index (χ3v) is 6.49. The summed E-state index contributed by atoms with van der Waals surface area (Å²) in [6, 6.07) is 3.68. The Bertz CT molecular complexity index is 1120. The van der Waals surface area contributed by atoms with E-state index in [1.165, 1.54) is 23.5 Å². The number of benzene rings is 1. The predicted molar refractivity (Wildman–Crippen MR) is 121 cm³/mol. The molecule has 2 aromatic rings. The molecule has 3 aliphatic heterocycles. The van der Waals surface area contributed by atoms with Gasteiger partial charge in [-0.05, 0) is 44.5 Å². The summed E-state index contributed by atoms with van der Waals surface area (Å²) >= 11 is 1.50. The topological polar surface area (TPSA) is 103 Å². The van der Waals surface area contributed by atoms with Crippen molar-refractivity contribution < 1.29 is 8.78 Å². The highest BCUT2D eigenvalue weighted by Crippen LogP contribution is 2.29. The second-order valence-electron chi connectivity index (χ2n) is 8.13. The minimum Gasteiger partial charge on any atom is -0.317 e. The van der Waals surface area contributed by atoms with Crippen molar-refractivity contribution in [1.29, 1.82) is 0 Å². The molecule has 8 nitrogen and oxygen atoms in total. The molecule has 1 aromatic heterocycles. The van der Waals surface area contributed by atoms with Crippen LogP contribution in [0.3, 0.4) is 0 Å². The largest absolute Gasteiger partial charge is 0.317 e. The number of aromatic nitrogens is 1. The van der Waals surface area contributed by atoms with Crippen molar-refractivity contribution in [3.63, 3.8) is 0 Å². The van der Waals surface area contributed by atoms with E-state index in [9.17, 15) is 8.78 Å². The van der Waals surface area contributed by atoms with Crippen LogP contribution in [0, 0.1) is 18.6 Å². The Hall–Kier alpha value is -2.89. The molecule has 1 fully saturated rings. The number of aliphatic imine (C=N–C) groups is 2. The van der Waals surface area contributed by atoms with Gasteiger partial charge in [0.1, 0.15) is 17.5 Å². The van der Waals surface area contributed by atoms with E-state index in [1.54, 1.807) is 6.20 Å². The number of hydrazine groups is 1. The Morgan fingerprint density at radius 2 is 2.09 bits per heavy atom. The number of fused-ring (bicyclic) bond motifs is 1. The van der Waals surface area contributed by atoms with Crippen LogP contribution in [-0.4, -0.2) is 46.6 Å². The van der Waals surface area contributed by atoms with E-state index in [0.29, 0.717) is 16.8 Å². The Balaban J connectivity index is 1.51. The number of amidine groups is 2. The van der Waals surface area contributed by atoms with Crippen molar-refractivity contribution >= 4 is 28.1 Å². The molecule has 0 aliphatic carbocycles. The lowest BCUT2D eigenvalue weighted by Gasteiger charge is -2.36. The van der Waals surface area contributed by atoms with Gasteiger partial charge in [0.15, 0.2) is 11.0 Å². The minimum atomic E-state index is -1.46. The van der Waals surface area contributed by atoms with Crippen LogP contribution in [0.2, 0.25) is 0 Å². The molecule has 168 valence electrons. The first-order valence-electron chi connectivity index (χ1n) is 10.5. The van der Waals surface area contributed by atoms with Crippen LogP contribution in [0.5, 0.6) is 0 Å². The van der Waals surface area contributed by atoms with Crippen molar-refractivity contribution in [1.82, 2.24) is 20.7 Å². The van der Waals surface area contributed by atoms with Gasteiger partial charge < -0.3 is 16.1 Å². The fourth-order valence-electron chi connectivity index (χ4n) is 4.12. The molecule has 0 spiro atoms. The predicted octanol–water partition coefficient (Wildman–Crippen LogP) is 2.26. The second kappa shape index (κ2) is 8.23. The quantitative estimate of drug-likeness (QED) is 0.561. The molecular weight excluding hydrogens is 434 g/mol. The molecule has 5 N–H and O–H groups in total. The highest BCUT2D eigenvalue weighted by Gasteiger charge is 2.40. The number of piperidine rings is 1. The first-order valence-corrected chi connectivity index (χ1v) is 11.3. The van der Waals surface area contributed by atoms with E-state index in [1.807, 2.05) is 18.1 Å². The van der Waals surface area contributed by atoms with Crippen LogP contribution in [0.4, 0.5) is 13.9 Å². The van der Waals surface area contributed by atoms with E-state index in [2.05, 4.69) is 26.0 Å². The van der Waals surface area contributed by atoms with Gasteiger partial charge in [-0.2, -0.15) is 0 Å². The van der Waals surface area contributed by atoms with Gasteiger partial charge in [0.2, 0.25) is 5.79 Å². The Labute approximate surface area is 188 Å². The summed E-state index contributed by atoms with van der Waals surface area (Å²) in [7, 11) is 0. The maximum absolute atomic E-state index is 14.4. The number of halogens is 2.